The van der Waals surface area contributed by atoms with Crippen LogP contribution in [-0.4, -0.2) is 10.9 Å². The molecule has 1 heterocycles. The lowest BCUT2D eigenvalue weighted by Crippen LogP contribution is -2.14. The maximum Gasteiger partial charge on any atom is 0.224 e. The van der Waals surface area contributed by atoms with Crippen molar-refractivity contribution in [2.45, 2.75) is 32.6 Å². The zero-order chi connectivity index (χ0) is 19.4. The fourth-order valence-corrected chi connectivity index (χ4v) is 2.79. The normalized spacial score (nSPS) is 11.0. The molecule has 6 heteroatoms. The number of aryl methyl sites for hydroxylation is 1. The minimum absolute atomic E-state index is 0.130. The molecule has 0 aliphatic heterocycles. The van der Waals surface area contributed by atoms with Crippen LogP contribution in [0.2, 0.25) is 0 Å². The first-order chi connectivity index (χ1) is 12.9. The quantitative estimate of drug-likeness (QED) is 0.639. The van der Waals surface area contributed by atoms with E-state index in [1.54, 1.807) is 0 Å². The van der Waals surface area contributed by atoms with Crippen molar-refractivity contribution in [1.29, 1.82) is 0 Å². The highest BCUT2D eigenvalue weighted by Gasteiger charge is 2.14. The average Bonchev–Trinajstić information content (AvgIpc) is 3.09. The van der Waals surface area contributed by atoms with E-state index in [2.05, 4.69) is 24.1 Å². The summed E-state index contributed by atoms with van der Waals surface area (Å²) in [5, 5.41) is 2.91. The zero-order valence-corrected chi connectivity index (χ0v) is 15.1. The second-order valence-electron chi connectivity index (χ2n) is 6.53. The monoisotopic (exact) mass is 370 g/mol. The van der Waals surface area contributed by atoms with Crippen LogP contribution in [0, 0.1) is 11.6 Å². The van der Waals surface area contributed by atoms with E-state index in [1.165, 1.54) is 12.3 Å². The molecule has 27 heavy (non-hydrogen) atoms. The van der Waals surface area contributed by atoms with Crippen molar-refractivity contribution in [3.63, 3.8) is 0 Å². The molecule has 2 aromatic carbocycles. The molecule has 0 radical (unpaired) electrons. The molecule has 0 unspecified atom stereocenters. The van der Waals surface area contributed by atoms with Gasteiger partial charge in [0.25, 0.3) is 0 Å². The number of halogens is 2. The number of carbonyl (C=O) groups is 1. The van der Waals surface area contributed by atoms with Crippen LogP contribution in [0.5, 0.6) is 0 Å². The van der Waals surface area contributed by atoms with E-state index in [0.29, 0.717) is 11.8 Å². The van der Waals surface area contributed by atoms with Gasteiger partial charge in [-0.05, 0) is 29.7 Å². The van der Waals surface area contributed by atoms with Crippen LogP contribution in [0.1, 0.15) is 37.6 Å². The molecule has 3 rings (SSSR count). The predicted molar refractivity (Wildman–Crippen MR) is 99.3 cm³/mol. The second kappa shape index (κ2) is 8.12. The molecule has 0 fully saturated rings. The Labute approximate surface area is 156 Å². The van der Waals surface area contributed by atoms with Crippen LogP contribution in [0.4, 0.5) is 14.5 Å². The highest BCUT2D eigenvalue weighted by molar-refractivity contribution is 5.91. The van der Waals surface area contributed by atoms with Gasteiger partial charge in [-0.1, -0.05) is 32.0 Å². The first-order valence-corrected chi connectivity index (χ1v) is 8.73. The highest BCUT2D eigenvalue weighted by atomic mass is 19.1. The van der Waals surface area contributed by atoms with E-state index in [4.69, 9.17) is 4.42 Å². The van der Waals surface area contributed by atoms with Gasteiger partial charge in [-0.3, -0.25) is 4.79 Å². The van der Waals surface area contributed by atoms with Crippen LogP contribution >= 0.6 is 0 Å². The molecule has 0 aliphatic rings. The molecule has 0 bridgehead atoms. The summed E-state index contributed by atoms with van der Waals surface area (Å²) in [7, 11) is 0. The van der Waals surface area contributed by atoms with Gasteiger partial charge >= 0.3 is 0 Å². The molecule has 1 amide bonds. The van der Waals surface area contributed by atoms with Crippen molar-refractivity contribution in [1.82, 2.24) is 4.98 Å². The number of nitrogens with one attached hydrogen (secondary N) is 1. The molecule has 3 aromatic rings. The van der Waals surface area contributed by atoms with Crippen LogP contribution in [0.15, 0.2) is 53.1 Å². The molecule has 1 N–H and O–H groups in total. The fraction of sp³-hybridized carbons (Fsp3) is 0.238. The predicted octanol–water partition coefficient (Wildman–Crippen LogP) is 5.31. The van der Waals surface area contributed by atoms with E-state index < -0.39 is 11.6 Å². The number of hydrogen-bond donors (Lipinski definition) is 1. The second-order valence-corrected chi connectivity index (χ2v) is 6.53. The van der Waals surface area contributed by atoms with E-state index >= 15 is 0 Å². The third-order valence-corrected chi connectivity index (χ3v) is 4.17. The molecule has 140 valence electrons. The first-order valence-electron chi connectivity index (χ1n) is 8.73. The maximum absolute atomic E-state index is 13.8. The third kappa shape index (κ3) is 4.58. The summed E-state index contributed by atoms with van der Waals surface area (Å²) in [5.41, 5.74) is 1.99. The Morgan fingerprint density at radius 1 is 1.19 bits per heavy atom. The number of aromatic nitrogens is 1. The third-order valence-electron chi connectivity index (χ3n) is 4.17. The minimum atomic E-state index is -0.722. The molecule has 0 aliphatic carbocycles. The molecule has 1 aromatic heterocycles. The summed E-state index contributed by atoms with van der Waals surface area (Å²) in [6.45, 7) is 4.13. The summed E-state index contributed by atoms with van der Waals surface area (Å²) in [5.74, 6) is -0.721. The zero-order valence-electron chi connectivity index (χ0n) is 15.1. The SMILES string of the molecule is CC(C)c1ccccc1NC(=O)CCc1ncc(-c2ccc(F)cc2F)o1. The van der Waals surface area contributed by atoms with Crippen LogP contribution in [0.3, 0.4) is 0 Å². The number of rotatable bonds is 6. The number of anilines is 1. The van der Waals surface area contributed by atoms with Crippen LogP contribution < -0.4 is 5.32 Å². The van der Waals surface area contributed by atoms with Gasteiger partial charge in [0.15, 0.2) is 11.7 Å². The number of oxazole rings is 1. The lowest BCUT2D eigenvalue weighted by Gasteiger charge is -2.13. The van der Waals surface area contributed by atoms with Gasteiger partial charge in [-0.25, -0.2) is 13.8 Å². The number of nitrogens with zero attached hydrogens (tertiary/aromatic N) is 1. The summed E-state index contributed by atoms with van der Waals surface area (Å²) in [6.07, 6.45) is 1.83. The number of carbonyl (C=O) groups excluding carboxylic acids is 1. The summed E-state index contributed by atoms with van der Waals surface area (Å²) in [4.78, 5) is 16.3. The van der Waals surface area contributed by atoms with Crippen molar-refractivity contribution in [2.24, 2.45) is 0 Å². The van der Waals surface area contributed by atoms with E-state index in [0.717, 1.165) is 23.4 Å². The summed E-state index contributed by atoms with van der Waals surface area (Å²) < 4.78 is 32.3. The average molecular weight is 370 g/mol. The van der Waals surface area contributed by atoms with Crippen LogP contribution in [-0.2, 0) is 11.2 Å². The smallest absolute Gasteiger partial charge is 0.224 e. The van der Waals surface area contributed by atoms with Gasteiger partial charge in [0.2, 0.25) is 5.91 Å². The minimum Gasteiger partial charge on any atom is -0.441 e. The van der Waals surface area contributed by atoms with E-state index in [9.17, 15) is 13.6 Å². The summed E-state index contributed by atoms with van der Waals surface area (Å²) in [6, 6.07) is 10.9. The van der Waals surface area contributed by atoms with Crippen molar-refractivity contribution < 1.29 is 18.0 Å². The first kappa shape index (κ1) is 18.8. The lowest BCUT2D eigenvalue weighted by molar-refractivity contribution is -0.116. The van der Waals surface area contributed by atoms with E-state index in [1.807, 2.05) is 24.3 Å². The van der Waals surface area contributed by atoms with Crippen molar-refractivity contribution in [3.05, 3.63) is 71.8 Å². The van der Waals surface area contributed by atoms with Gasteiger partial charge in [-0.15, -0.1) is 0 Å². The maximum atomic E-state index is 13.8. The number of benzene rings is 2. The number of hydrogen-bond acceptors (Lipinski definition) is 3. The highest BCUT2D eigenvalue weighted by Crippen LogP contribution is 2.25. The topological polar surface area (TPSA) is 55.1 Å². The standard InChI is InChI=1S/C21H20F2N2O2/c1-13(2)15-5-3-4-6-18(15)25-20(26)9-10-21-24-12-19(27-21)16-8-7-14(22)11-17(16)23/h3-8,11-13H,9-10H2,1-2H3,(H,25,26). The van der Waals surface area contributed by atoms with Crippen molar-refractivity contribution in [3.8, 4) is 11.3 Å². The molecule has 0 atom stereocenters. The van der Waals surface area contributed by atoms with Gasteiger partial charge in [0.05, 0.1) is 11.8 Å². The molecular formula is C21H20F2N2O2. The Balaban J connectivity index is 1.63. The molecule has 0 saturated carbocycles. The Morgan fingerprint density at radius 2 is 1.96 bits per heavy atom. The van der Waals surface area contributed by atoms with Crippen molar-refractivity contribution in [2.75, 3.05) is 5.32 Å². The fourth-order valence-electron chi connectivity index (χ4n) is 2.79. The summed E-state index contributed by atoms with van der Waals surface area (Å²) >= 11 is 0. The molecule has 0 saturated heterocycles. The number of para-hydroxylation sites is 1. The van der Waals surface area contributed by atoms with Gasteiger partial charge < -0.3 is 9.73 Å². The van der Waals surface area contributed by atoms with Gasteiger partial charge in [-0.2, -0.15) is 0 Å². The van der Waals surface area contributed by atoms with E-state index in [-0.39, 0.29) is 30.1 Å². The largest absolute Gasteiger partial charge is 0.441 e. The molecular weight excluding hydrogens is 350 g/mol. The Morgan fingerprint density at radius 3 is 2.70 bits per heavy atom. The Kier molecular flexibility index (Phi) is 5.64. The lowest BCUT2D eigenvalue weighted by atomic mass is 10.0. The Hall–Kier alpha value is -3.02. The molecule has 0 spiro atoms. The Bertz CT molecular complexity index is 951. The van der Waals surface area contributed by atoms with Crippen LogP contribution in [0.25, 0.3) is 11.3 Å². The number of amides is 1. The molecule has 4 nitrogen and oxygen atoms in total. The van der Waals surface area contributed by atoms with Crippen molar-refractivity contribution >= 4 is 11.6 Å². The van der Waals surface area contributed by atoms with Gasteiger partial charge in [0.1, 0.15) is 11.6 Å². The van der Waals surface area contributed by atoms with Gasteiger partial charge in [0, 0.05) is 24.6 Å².